The molecular formula is C16H18BrNS. The predicted molar refractivity (Wildman–Crippen MR) is 86.1 cm³/mol. The molecule has 1 aliphatic rings. The molecule has 0 radical (unpaired) electrons. The van der Waals surface area contributed by atoms with Crippen molar-refractivity contribution in [3.63, 3.8) is 0 Å². The van der Waals surface area contributed by atoms with Crippen LogP contribution in [0.2, 0.25) is 0 Å². The molecule has 0 fully saturated rings. The summed E-state index contributed by atoms with van der Waals surface area (Å²) in [5.74, 6) is 0. The maximum atomic E-state index is 3.69. The molecule has 0 bridgehead atoms. The molecule has 1 unspecified atom stereocenters. The summed E-state index contributed by atoms with van der Waals surface area (Å²) in [5.41, 5.74) is 4.47. The third-order valence-corrected chi connectivity index (χ3v) is 5.88. The van der Waals surface area contributed by atoms with E-state index in [-0.39, 0.29) is 0 Å². The Balaban J connectivity index is 2.00. The van der Waals surface area contributed by atoms with Gasteiger partial charge in [0.05, 0.1) is 6.04 Å². The summed E-state index contributed by atoms with van der Waals surface area (Å²) in [7, 11) is 2.04. The average Bonchev–Trinajstić information content (AvgIpc) is 2.97. The van der Waals surface area contributed by atoms with Crippen molar-refractivity contribution < 1.29 is 0 Å². The minimum Gasteiger partial charge on any atom is -0.309 e. The zero-order valence-corrected chi connectivity index (χ0v) is 13.7. The normalized spacial score (nSPS) is 15.5. The van der Waals surface area contributed by atoms with Crippen LogP contribution in [0.3, 0.4) is 0 Å². The van der Waals surface area contributed by atoms with E-state index in [9.17, 15) is 0 Å². The van der Waals surface area contributed by atoms with Gasteiger partial charge in [0.2, 0.25) is 0 Å². The molecule has 19 heavy (non-hydrogen) atoms. The van der Waals surface area contributed by atoms with Gasteiger partial charge in [-0.2, -0.15) is 0 Å². The maximum Gasteiger partial charge on any atom is 0.0680 e. The Hall–Kier alpha value is -0.640. The molecule has 0 saturated heterocycles. The number of aryl methyl sites for hydroxylation is 3. The molecule has 3 rings (SSSR count). The SMILES string of the molecule is CNC(c1ccc2c(c1)CCC2)c1sc(C)cc1Br. The first kappa shape index (κ1) is 13.3. The lowest BCUT2D eigenvalue weighted by Crippen LogP contribution is -2.17. The highest BCUT2D eigenvalue weighted by Gasteiger charge is 2.19. The van der Waals surface area contributed by atoms with Gasteiger partial charge in [-0.3, -0.25) is 0 Å². The highest BCUT2D eigenvalue weighted by molar-refractivity contribution is 9.10. The number of thiophene rings is 1. The van der Waals surface area contributed by atoms with Crippen LogP contribution in [0.25, 0.3) is 0 Å². The van der Waals surface area contributed by atoms with E-state index in [4.69, 9.17) is 0 Å². The fourth-order valence-electron chi connectivity index (χ4n) is 2.92. The first-order valence-electron chi connectivity index (χ1n) is 6.74. The van der Waals surface area contributed by atoms with Crippen LogP contribution in [0.1, 0.15) is 38.9 Å². The van der Waals surface area contributed by atoms with Crippen LogP contribution in [-0.4, -0.2) is 7.05 Å². The van der Waals surface area contributed by atoms with Crippen LogP contribution < -0.4 is 5.32 Å². The molecule has 1 N–H and O–H groups in total. The summed E-state index contributed by atoms with van der Waals surface area (Å²) in [6, 6.07) is 9.49. The van der Waals surface area contributed by atoms with Crippen LogP contribution in [-0.2, 0) is 12.8 Å². The minimum atomic E-state index is 0.291. The smallest absolute Gasteiger partial charge is 0.0680 e. The maximum absolute atomic E-state index is 3.69. The summed E-state index contributed by atoms with van der Waals surface area (Å²) in [5, 5.41) is 3.46. The van der Waals surface area contributed by atoms with Gasteiger partial charge < -0.3 is 5.32 Å². The highest BCUT2D eigenvalue weighted by Crippen LogP contribution is 2.36. The number of halogens is 1. The van der Waals surface area contributed by atoms with Crippen LogP contribution in [0.4, 0.5) is 0 Å². The van der Waals surface area contributed by atoms with E-state index < -0.39 is 0 Å². The molecule has 0 amide bonds. The summed E-state index contributed by atoms with van der Waals surface area (Å²) < 4.78 is 1.22. The molecule has 0 spiro atoms. The number of fused-ring (bicyclic) bond motifs is 1. The summed E-state index contributed by atoms with van der Waals surface area (Å²) in [6.45, 7) is 2.16. The number of nitrogens with one attached hydrogen (secondary N) is 1. The van der Waals surface area contributed by atoms with Crippen LogP contribution in [0.5, 0.6) is 0 Å². The molecule has 1 heterocycles. The fraction of sp³-hybridized carbons (Fsp3) is 0.375. The lowest BCUT2D eigenvalue weighted by Gasteiger charge is -2.17. The van der Waals surface area contributed by atoms with Crippen molar-refractivity contribution in [2.45, 2.75) is 32.2 Å². The Morgan fingerprint density at radius 2 is 2.00 bits per heavy atom. The Morgan fingerprint density at radius 1 is 1.21 bits per heavy atom. The zero-order chi connectivity index (χ0) is 13.4. The quantitative estimate of drug-likeness (QED) is 0.863. The molecule has 1 atom stereocenters. The molecule has 0 saturated carbocycles. The van der Waals surface area contributed by atoms with Gasteiger partial charge in [-0.1, -0.05) is 18.2 Å². The Labute approximate surface area is 127 Å². The van der Waals surface area contributed by atoms with E-state index >= 15 is 0 Å². The fourth-order valence-corrected chi connectivity index (χ4v) is 4.94. The van der Waals surface area contributed by atoms with Gasteiger partial charge in [-0.05, 0) is 71.9 Å². The second-order valence-electron chi connectivity index (χ2n) is 5.17. The van der Waals surface area contributed by atoms with E-state index in [1.54, 1.807) is 11.1 Å². The number of rotatable bonds is 3. The van der Waals surface area contributed by atoms with Crippen molar-refractivity contribution >= 4 is 27.3 Å². The third-order valence-electron chi connectivity index (χ3n) is 3.84. The van der Waals surface area contributed by atoms with E-state index in [2.05, 4.69) is 52.4 Å². The number of hydrogen-bond donors (Lipinski definition) is 1. The predicted octanol–water partition coefficient (Wildman–Crippen LogP) is 4.62. The van der Waals surface area contributed by atoms with Crippen LogP contribution in [0, 0.1) is 6.92 Å². The number of hydrogen-bond acceptors (Lipinski definition) is 2. The Kier molecular flexibility index (Phi) is 3.79. The highest BCUT2D eigenvalue weighted by atomic mass is 79.9. The first-order valence-corrected chi connectivity index (χ1v) is 8.35. The Bertz CT molecular complexity index is 603. The third kappa shape index (κ3) is 2.51. The van der Waals surface area contributed by atoms with E-state index in [1.165, 1.54) is 39.1 Å². The standard InChI is InChI=1S/C16H18BrNS/c1-10-8-14(17)16(19-10)15(18-2)13-7-6-11-4-3-5-12(11)9-13/h6-9,15,18H,3-5H2,1-2H3. The van der Waals surface area contributed by atoms with E-state index in [0.717, 1.165) is 0 Å². The van der Waals surface area contributed by atoms with Crippen molar-refractivity contribution in [1.82, 2.24) is 5.32 Å². The topological polar surface area (TPSA) is 12.0 Å². The van der Waals surface area contributed by atoms with Gasteiger partial charge in [-0.25, -0.2) is 0 Å². The minimum absolute atomic E-state index is 0.291. The van der Waals surface area contributed by atoms with E-state index in [1.807, 2.05) is 18.4 Å². The van der Waals surface area contributed by atoms with Crippen LogP contribution >= 0.6 is 27.3 Å². The molecule has 0 aliphatic heterocycles. The van der Waals surface area contributed by atoms with E-state index in [0.29, 0.717) is 6.04 Å². The molecule has 1 aromatic carbocycles. The summed E-state index contributed by atoms with van der Waals surface area (Å²) in [6.07, 6.45) is 3.80. The molecular weight excluding hydrogens is 318 g/mol. The van der Waals surface area contributed by atoms with Crippen molar-refractivity contribution in [3.05, 3.63) is 55.2 Å². The van der Waals surface area contributed by atoms with Gasteiger partial charge in [0.25, 0.3) is 0 Å². The summed E-state index contributed by atoms with van der Waals surface area (Å²) >= 11 is 5.55. The molecule has 1 aromatic heterocycles. The lowest BCUT2D eigenvalue weighted by molar-refractivity contribution is 0.700. The zero-order valence-electron chi connectivity index (χ0n) is 11.3. The molecule has 3 heteroatoms. The second-order valence-corrected chi connectivity index (χ2v) is 7.31. The largest absolute Gasteiger partial charge is 0.309 e. The number of benzene rings is 1. The van der Waals surface area contributed by atoms with Crippen molar-refractivity contribution in [1.29, 1.82) is 0 Å². The van der Waals surface area contributed by atoms with Gasteiger partial charge in [0, 0.05) is 14.2 Å². The Morgan fingerprint density at radius 3 is 2.68 bits per heavy atom. The van der Waals surface area contributed by atoms with Crippen molar-refractivity contribution in [3.8, 4) is 0 Å². The summed E-state index contributed by atoms with van der Waals surface area (Å²) in [4.78, 5) is 2.72. The van der Waals surface area contributed by atoms with Gasteiger partial charge in [-0.15, -0.1) is 11.3 Å². The van der Waals surface area contributed by atoms with Gasteiger partial charge >= 0.3 is 0 Å². The monoisotopic (exact) mass is 335 g/mol. The van der Waals surface area contributed by atoms with Gasteiger partial charge in [0.1, 0.15) is 0 Å². The second kappa shape index (κ2) is 5.39. The molecule has 1 nitrogen and oxygen atoms in total. The molecule has 100 valence electrons. The molecule has 1 aliphatic carbocycles. The van der Waals surface area contributed by atoms with Crippen molar-refractivity contribution in [2.24, 2.45) is 0 Å². The molecule has 2 aromatic rings. The first-order chi connectivity index (χ1) is 9.19. The van der Waals surface area contributed by atoms with Crippen LogP contribution in [0.15, 0.2) is 28.7 Å². The van der Waals surface area contributed by atoms with Crippen molar-refractivity contribution in [2.75, 3.05) is 7.05 Å². The lowest BCUT2D eigenvalue weighted by atomic mass is 10.00. The average molecular weight is 336 g/mol. The van der Waals surface area contributed by atoms with Gasteiger partial charge in [0.15, 0.2) is 0 Å².